The molecule has 1 heterocycles. The van der Waals surface area contributed by atoms with Crippen LogP contribution in [-0.4, -0.2) is 41.7 Å². The van der Waals surface area contributed by atoms with E-state index in [1.54, 1.807) is 43.3 Å². The zero-order chi connectivity index (χ0) is 22.5. The monoisotopic (exact) mass is 537 g/mol. The number of H-pyrrole nitrogens is 1. The first-order valence-corrected chi connectivity index (χ1v) is 10.4. The Balaban J connectivity index is 2.00. The molecule has 0 aliphatic carbocycles. The molecule has 0 saturated heterocycles. The van der Waals surface area contributed by atoms with Crippen LogP contribution < -0.4 is 20.7 Å². The fraction of sp³-hybridized carbons (Fsp3) is 0.238. The number of nitrogens with zero attached hydrogens (tertiary/aromatic N) is 2. The smallest absolute Gasteiger partial charge is 0.349 e. The number of hydrogen-bond donors (Lipinski definition) is 1. The van der Waals surface area contributed by atoms with Crippen molar-refractivity contribution >= 4 is 45.7 Å². The highest BCUT2D eigenvalue weighted by molar-refractivity contribution is 14.1. The van der Waals surface area contributed by atoms with Crippen LogP contribution in [0.2, 0.25) is 0 Å². The Hall–Kier alpha value is -3.15. The van der Waals surface area contributed by atoms with Crippen molar-refractivity contribution in [3.8, 4) is 11.5 Å². The van der Waals surface area contributed by atoms with Crippen LogP contribution in [0.4, 0.5) is 0 Å². The minimum Gasteiger partial charge on any atom is -0.490 e. The quantitative estimate of drug-likeness (QED) is 0.282. The number of aromatic amines is 1. The van der Waals surface area contributed by atoms with E-state index in [1.165, 1.54) is 13.3 Å². The first kappa shape index (κ1) is 22.5. The maximum atomic E-state index is 12.6. The Kier molecular flexibility index (Phi) is 7.10. The lowest BCUT2D eigenvalue weighted by Crippen LogP contribution is -2.32. The van der Waals surface area contributed by atoms with E-state index in [9.17, 15) is 14.4 Å². The second kappa shape index (κ2) is 9.77. The predicted octanol–water partition coefficient (Wildman–Crippen LogP) is 2.52. The number of para-hydroxylation sites is 1. The van der Waals surface area contributed by atoms with Crippen molar-refractivity contribution in [3.05, 3.63) is 66.4 Å². The van der Waals surface area contributed by atoms with Crippen molar-refractivity contribution in [1.29, 1.82) is 0 Å². The van der Waals surface area contributed by atoms with Gasteiger partial charge in [0.25, 0.3) is 5.56 Å². The van der Waals surface area contributed by atoms with Gasteiger partial charge in [-0.2, -0.15) is 5.10 Å². The molecule has 3 rings (SSSR count). The number of halogens is 1. The standard InChI is InChI=1S/C21H20IN3O6/c1-4-30-17-10-13(9-15(22)18(17)31-12(2)20(27)29-3)11-23-25-19(26)14-7-5-6-8-16(14)24-21(25)28/h5-12H,4H2,1-3H3,(H,24,28)/t12-/m0/s1. The number of ether oxygens (including phenoxy) is 3. The Morgan fingerprint density at radius 3 is 2.74 bits per heavy atom. The molecule has 0 aliphatic heterocycles. The first-order valence-electron chi connectivity index (χ1n) is 9.35. The normalized spacial score (nSPS) is 12.1. The Morgan fingerprint density at radius 1 is 1.29 bits per heavy atom. The number of carbonyl (C=O) groups excluding carboxylic acids is 1. The fourth-order valence-corrected chi connectivity index (χ4v) is 3.57. The molecule has 2 aromatic carbocycles. The van der Waals surface area contributed by atoms with Crippen molar-refractivity contribution in [1.82, 2.24) is 9.66 Å². The molecule has 0 spiro atoms. The molecular weight excluding hydrogens is 517 g/mol. The van der Waals surface area contributed by atoms with Crippen molar-refractivity contribution in [2.24, 2.45) is 5.10 Å². The van der Waals surface area contributed by atoms with E-state index in [0.29, 0.717) is 38.1 Å². The van der Waals surface area contributed by atoms with Crippen LogP contribution in [0.3, 0.4) is 0 Å². The summed E-state index contributed by atoms with van der Waals surface area (Å²) in [6.07, 6.45) is 0.552. The number of methoxy groups -OCH3 is 1. The van der Waals surface area contributed by atoms with Gasteiger partial charge >= 0.3 is 11.7 Å². The van der Waals surface area contributed by atoms with Gasteiger partial charge in [0.05, 0.1) is 34.4 Å². The van der Waals surface area contributed by atoms with Gasteiger partial charge in [-0.1, -0.05) is 12.1 Å². The fourth-order valence-electron chi connectivity index (χ4n) is 2.81. The second-order valence-electron chi connectivity index (χ2n) is 6.38. The lowest BCUT2D eigenvalue weighted by molar-refractivity contribution is -0.148. The number of carbonyl (C=O) groups is 1. The highest BCUT2D eigenvalue weighted by Crippen LogP contribution is 2.34. The maximum absolute atomic E-state index is 12.6. The Labute approximate surface area is 190 Å². The molecule has 0 aliphatic rings. The second-order valence-corrected chi connectivity index (χ2v) is 7.55. The number of hydrogen-bond acceptors (Lipinski definition) is 7. The number of aromatic nitrogens is 2. The minimum absolute atomic E-state index is 0.351. The summed E-state index contributed by atoms with van der Waals surface area (Å²) in [7, 11) is 1.28. The molecule has 1 N–H and O–H groups in total. The molecule has 31 heavy (non-hydrogen) atoms. The van der Waals surface area contributed by atoms with Crippen molar-refractivity contribution in [3.63, 3.8) is 0 Å². The number of nitrogens with one attached hydrogen (secondary N) is 1. The third kappa shape index (κ3) is 4.95. The molecule has 10 heteroatoms. The highest BCUT2D eigenvalue weighted by Gasteiger charge is 2.20. The third-order valence-electron chi connectivity index (χ3n) is 4.27. The summed E-state index contributed by atoms with van der Waals surface area (Å²) in [5.74, 6) is 0.267. The zero-order valence-electron chi connectivity index (χ0n) is 17.0. The highest BCUT2D eigenvalue weighted by atomic mass is 127. The minimum atomic E-state index is -0.827. The first-order chi connectivity index (χ1) is 14.8. The summed E-state index contributed by atoms with van der Waals surface area (Å²) in [6.45, 7) is 3.75. The van der Waals surface area contributed by atoms with Crippen LogP contribution >= 0.6 is 22.6 Å². The lowest BCUT2D eigenvalue weighted by atomic mass is 10.2. The van der Waals surface area contributed by atoms with Crippen LogP contribution in [-0.2, 0) is 9.53 Å². The molecule has 1 atom stereocenters. The van der Waals surface area contributed by atoms with E-state index in [2.05, 4.69) is 10.1 Å². The van der Waals surface area contributed by atoms with Gasteiger partial charge in [-0.25, -0.2) is 9.59 Å². The molecule has 3 aromatic rings. The van der Waals surface area contributed by atoms with E-state index < -0.39 is 23.3 Å². The number of esters is 1. The maximum Gasteiger partial charge on any atom is 0.349 e. The molecule has 1 aromatic heterocycles. The van der Waals surface area contributed by atoms with Gasteiger partial charge in [0.15, 0.2) is 17.6 Å². The van der Waals surface area contributed by atoms with Crippen molar-refractivity contribution in [2.45, 2.75) is 20.0 Å². The number of rotatable bonds is 7. The van der Waals surface area contributed by atoms with E-state index in [1.807, 2.05) is 29.5 Å². The molecule has 0 bridgehead atoms. The summed E-state index contributed by atoms with van der Waals surface area (Å²) in [5.41, 5.74) is -0.155. The number of fused-ring (bicyclic) bond motifs is 1. The molecule has 0 unspecified atom stereocenters. The van der Waals surface area contributed by atoms with Crippen LogP contribution in [0.1, 0.15) is 19.4 Å². The topological polar surface area (TPSA) is 112 Å². The molecule has 0 saturated carbocycles. The summed E-state index contributed by atoms with van der Waals surface area (Å²) < 4.78 is 17.5. The number of benzene rings is 2. The molecular formula is C21H20IN3O6. The molecule has 162 valence electrons. The predicted molar refractivity (Wildman–Crippen MR) is 124 cm³/mol. The van der Waals surface area contributed by atoms with Crippen LogP contribution in [0.15, 0.2) is 51.1 Å². The van der Waals surface area contributed by atoms with Crippen LogP contribution in [0.5, 0.6) is 11.5 Å². The van der Waals surface area contributed by atoms with E-state index in [0.717, 1.165) is 4.68 Å². The molecule has 0 radical (unpaired) electrons. The van der Waals surface area contributed by atoms with Crippen LogP contribution in [0, 0.1) is 3.57 Å². The van der Waals surface area contributed by atoms with E-state index >= 15 is 0 Å². The largest absolute Gasteiger partial charge is 0.490 e. The van der Waals surface area contributed by atoms with Gasteiger partial charge < -0.3 is 19.2 Å². The van der Waals surface area contributed by atoms with Crippen molar-refractivity contribution < 1.29 is 19.0 Å². The SMILES string of the molecule is CCOc1cc(C=Nn2c(=O)[nH]c3ccccc3c2=O)cc(I)c1O[C@@H](C)C(=O)OC. The summed E-state index contributed by atoms with van der Waals surface area (Å²) >= 11 is 2.04. The Morgan fingerprint density at radius 2 is 2.03 bits per heavy atom. The van der Waals surface area contributed by atoms with Gasteiger partial charge in [0.1, 0.15) is 0 Å². The Bertz CT molecular complexity index is 1260. The zero-order valence-corrected chi connectivity index (χ0v) is 19.2. The van der Waals surface area contributed by atoms with Crippen LogP contribution in [0.25, 0.3) is 10.9 Å². The summed E-state index contributed by atoms with van der Waals surface area (Å²) in [4.78, 5) is 39.2. The van der Waals surface area contributed by atoms with E-state index in [-0.39, 0.29) is 0 Å². The van der Waals surface area contributed by atoms with Gasteiger partial charge in [-0.3, -0.25) is 4.79 Å². The van der Waals surface area contributed by atoms with Gasteiger partial charge in [0.2, 0.25) is 0 Å². The third-order valence-corrected chi connectivity index (χ3v) is 5.07. The molecule has 0 fully saturated rings. The summed E-state index contributed by atoms with van der Waals surface area (Å²) in [6, 6.07) is 10.1. The molecule has 0 amide bonds. The van der Waals surface area contributed by atoms with Gasteiger partial charge in [-0.05, 0) is 66.3 Å². The van der Waals surface area contributed by atoms with Gasteiger partial charge in [-0.15, -0.1) is 4.68 Å². The van der Waals surface area contributed by atoms with E-state index in [4.69, 9.17) is 14.2 Å². The van der Waals surface area contributed by atoms with Crippen molar-refractivity contribution in [2.75, 3.05) is 13.7 Å². The molecule has 9 nitrogen and oxygen atoms in total. The average molecular weight is 537 g/mol. The van der Waals surface area contributed by atoms with Gasteiger partial charge in [0, 0.05) is 0 Å². The summed E-state index contributed by atoms with van der Waals surface area (Å²) in [5, 5.41) is 4.41. The average Bonchev–Trinajstić information content (AvgIpc) is 2.75. The lowest BCUT2D eigenvalue weighted by Gasteiger charge is -2.17.